The van der Waals surface area contributed by atoms with E-state index in [9.17, 15) is 72.9 Å². The third-order valence-corrected chi connectivity index (χ3v) is 18.8. The number of fused-ring (bicyclic) bond motifs is 1. The molecule has 0 aliphatic carbocycles. The van der Waals surface area contributed by atoms with Crippen molar-refractivity contribution in [1.29, 1.82) is 5.41 Å². The summed E-state index contributed by atoms with van der Waals surface area (Å²) in [4.78, 5) is 211. The number of carbonyl (C=O) groups excluding carboxylic acids is 13. The number of anilines is 1. The SMILES string of the molecule is CC(C)CC(NC(=O)C(CCCCNC(=O)/C=N/OCC(=O)OCC1OC(n2ccc(N)nc2=O)C(F)(F)C1O)NC(=O)C(Cc1ccc(O)cc1)NC(=O)C(CO)NC(=O)C(Cc1cc2ccccc2[nH]1)NC(=O)C(Cc1c[nH]cn1)NC(=O)C1CCC(=O)N1)C(=O)NC(CCCNC(=N)N)C(=O)N1CCCC1C(=O)NCC(N)=O. The number of amides is 12. The lowest BCUT2D eigenvalue weighted by Gasteiger charge is -2.30. The van der Waals surface area contributed by atoms with Crippen molar-refractivity contribution in [3.63, 3.8) is 0 Å². The number of guanidine groups is 1. The number of nitrogens with one attached hydrogen (secondary N) is 14. The number of aliphatic hydroxyl groups is 2. The molecule has 628 valence electrons. The molecule has 23 N–H and O–H groups in total. The van der Waals surface area contributed by atoms with Crippen LogP contribution in [0.15, 0.2) is 89.3 Å². The van der Waals surface area contributed by atoms with Gasteiger partial charge in [-0.05, 0) is 105 Å². The average Bonchev–Trinajstić information content (AvgIpc) is 1.61. The molecule has 3 saturated heterocycles. The fourth-order valence-electron chi connectivity index (χ4n) is 12.9. The highest BCUT2D eigenvalue weighted by Gasteiger charge is 2.60. The molecule has 12 unspecified atom stereocenters. The van der Waals surface area contributed by atoms with Gasteiger partial charge in [-0.25, -0.2) is 14.6 Å². The van der Waals surface area contributed by atoms with E-state index in [2.05, 4.69) is 83.6 Å². The molecule has 0 saturated carbocycles. The molecule has 116 heavy (non-hydrogen) atoms. The number of hydrogen-bond acceptors (Lipinski definition) is 25. The molecule has 3 fully saturated rings. The molecular formula is C72H96F2N22O20. The molecule has 5 aromatic rings. The number of alkyl halides is 2. The second-order valence-electron chi connectivity index (χ2n) is 28.1. The molecule has 12 amide bonds. The number of phenolic OH excluding ortho intramolecular Hbond substituents is 1. The molecule has 12 atom stereocenters. The minimum absolute atomic E-state index is 0.0214. The molecule has 2 aromatic carbocycles. The van der Waals surface area contributed by atoms with E-state index in [1.165, 1.54) is 41.7 Å². The number of nitrogen functional groups attached to an aromatic ring is 1. The van der Waals surface area contributed by atoms with Crippen LogP contribution in [0.3, 0.4) is 0 Å². The van der Waals surface area contributed by atoms with Gasteiger partial charge in [0.15, 0.2) is 12.1 Å². The maximum Gasteiger partial charge on any atom is 0.351 e. The van der Waals surface area contributed by atoms with E-state index >= 15 is 18.4 Å². The Morgan fingerprint density at radius 2 is 1.41 bits per heavy atom. The van der Waals surface area contributed by atoms with E-state index in [1.807, 2.05) is 0 Å². The minimum atomic E-state index is -4.06. The van der Waals surface area contributed by atoms with Crippen molar-refractivity contribution in [3.05, 3.63) is 107 Å². The number of primary amides is 1. The number of aromatic amines is 2. The number of nitrogens with zero attached hydrogens (tertiary/aromatic N) is 5. The number of rotatable bonds is 43. The number of likely N-dealkylation sites (tertiary alicyclic amines) is 1. The van der Waals surface area contributed by atoms with Crippen molar-refractivity contribution < 1.29 is 101 Å². The van der Waals surface area contributed by atoms with Crippen LogP contribution in [0.4, 0.5) is 14.6 Å². The summed E-state index contributed by atoms with van der Waals surface area (Å²) in [6.07, 6.45) is -2.86. The van der Waals surface area contributed by atoms with Gasteiger partial charge >= 0.3 is 17.6 Å². The largest absolute Gasteiger partial charge is 0.508 e. The van der Waals surface area contributed by atoms with Crippen molar-refractivity contribution in [1.82, 2.24) is 87.9 Å². The smallest absolute Gasteiger partial charge is 0.351 e. The Morgan fingerprint density at radius 1 is 0.767 bits per heavy atom. The van der Waals surface area contributed by atoms with Crippen LogP contribution in [0.2, 0.25) is 0 Å². The van der Waals surface area contributed by atoms with Crippen molar-refractivity contribution in [2.24, 2.45) is 22.5 Å². The average molecular weight is 1630 g/mol. The summed E-state index contributed by atoms with van der Waals surface area (Å²) in [6, 6.07) is 2.09. The highest BCUT2D eigenvalue weighted by atomic mass is 19.3. The van der Waals surface area contributed by atoms with Gasteiger partial charge in [-0.15, -0.1) is 0 Å². The number of H-pyrrole nitrogens is 2. The van der Waals surface area contributed by atoms with Crippen LogP contribution >= 0.6 is 0 Å². The van der Waals surface area contributed by atoms with E-state index in [1.54, 1.807) is 44.2 Å². The van der Waals surface area contributed by atoms with Gasteiger partial charge in [0.1, 0.15) is 84.9 Å². The van der Waals surface area contributed by atoms with Crippen LogP contribution in [0.25, 0.3) is 10.9 Å². The number of unbranched alkanes of at least 4 members (excludes halogenated alkanes) is 1. The summed E-state index contributed by atoms with van der Waals surface area (Å²) >= 11 is 0. The van der Waals surface area contributed by atoms with Gasteiger partial charge in [0.25, 0.3) is 5.91 Å². The first-order chi connectivity index (χ1) is 55.3. The van der Waals surface area contributed by atoms with Crippen LogP contribution in [0.1, 0.15) is 101 Å². The number of hydrogen-bond donors (Lipinski definition) is 20. The molecule has 42 nitrogen and oxygen atoms in total. The lowest BCUT2D eigenvalue weighted by Crippen LogP contribution is -2.61. The van der Waals surface area contributed by atoms with Crippen molar-refractivity contribution in [3.8, 4) is 5.75 Å². The zero-order valence-electron chi connectivity index (χ0n) is 63.2. The summed E-state index contributed by atoms with van der Waals surface area (Å²) < 4.78 is 40.5. The van der Waals surface area contributed by atoms with E-state index < -0.39 is 188 Å². The monoisotopic (exact) mass is 1630 g/mol. The lowest BCUT2D eigenvalue weighted by molar-refractivity contribution is -0.155. The Hall–Kier alpha value is -12.7. The van der Waals surface area contributed by atoms with Gasteiger partial charge in [0, 0.05) is 68.9 Å². The molecule has 0 spiro atoms. The number of halogens is 2. The number of ether oxygens (including phenoxy) is 2. The molecule has 44 heteroatoms. The minimum Gasteiger partial charge on any atom is -0.508 e. The van der Waals surface area contributed by atoms with Crippen molar-refractivity contribution in [2.45, 2.75) is 176 Å². The first-order valence-electron chi connectivity index (χ1n) is 37.2. The van der Waals surface area contributed by atoms with Gasteiger partial charge in [-0.3, -0.25) is 67.5 Å². The maximum absolute atomic E-state index is 15.1. The predicted molar refractivity (Wildman–Crippen MR) is 403 cm³/mol. The number of aliphatic hydroxyl groups excluding tert-OH is 2. The normalized spacial score (nSPS) is 18.7. The summed E-state index contributed by atoms with van der Waals surface area (Å²) in [5, 5.41) is 71.7. The standard InChI is InChI=1S/C72H96F2N22O20/c1-37(2)25-47(62(106)88-46(12-7-22-81-70(77)78)68(112)95-23-8-13-52(95)67(111)82-31-55(76)99)89-60(104)44(11-5-6-21-80-57(101)32-84-115-35-58(102)114-34-53-59(103)72(73,74)69(116-53)96-24-20-54(75)94-71(96)113)87-63(107)48(26-38-14-16-42(98)17-15-38)90-66(110)51(33-97)93-65(109)49(28-40-27-39-9-3-4-10-43(39)85-40)92-64(108)50(29-41-30-79-36-83-41)91-61(105)45-18-19-56(100)86-45/h3-4,9-10,14-17,20,24,27,30,32,36-37,44-53,59,69,85,97-98,103H,5-8,11-13,18-19,21-23,25-26,28-29,31,33-35H2,1-2H3,(H2,76,99)(H,79,83)(H,80,101)(H,82,111)(H,86,100)(H,87,107)(H,88,106)(H,89,104)(H,90,110)(H,91,105)(H,92,108)(H,93,109)(H2,75,94,113)(H4,77,78,81)/b84-32+. The van der Waals surface area contributed by atoms with Gasteiger partial charge < -0.3 is 120 Å². The van der Waals surface area contributed by atoms with E-state index in [4.69, 9.17) is 36.9 Å². The quantitative estimate of drug-likeness (QED) is 0.00570. The van der Waals surface area contributed by atoms with Crippen LogP contribution in [0, 0.1) is 11.3 Å². The molecule has 0 bridgehead atoms. The molecular weight excluding hydrogens is 1530 g/mol. The third-order valence-electron chi connectivity index (χ3n) is 18.8. The first-order valence-corrected chi connectivity index (χ1v) is 37.2. The lowest BCUT2D eigenvalue weighted by atomic mass is 10.00. The number of phenols is 1. The summed E-state index contributed by atoms with van der Waals surface area (Å²) in [5.41, 5.74) is 16.7. The Labute approximate surface area is 660 Å². The molecule has 3 aliphatic rings. The summed E-state index contributed by atoms with van der Waals surface area (Å²) in [6.45, 7) is -0.137. The number of nitrogens with two attached hydrogens (primary N) is 3. The molecule has 3 aliphatic heterocycles. The van der Waals surface area contributed by atoms with Gasteiger partial charge in [0.2, 0.25) is 77.8 Å². The van der Waals surface area contributed by atoms with E-state index in [0.29, 0.717) is 39.7 Å². The number of benzene rings is 2. The fourth-order valence-corrected chi connectivity index (χ4v) is 12.9. The molecule has 8 rings (SSSR count). The first kappa shape index (κ1) is 88.8. The molecule has 3 aromatic heterocycles. The number of carbonyl (C=O) groups is 13. The highest BCUT2D eigenvalue weighted by molar-refractivity contribution is 6.26. The third kappa shape index (κ3) is 26.2. The van der Waals surface area contributed by atoms with E-state index in [0.717, 1.165) is 17.6 Å². The number of aromatic nitrogens is 5. The van der Waals surface area contributed by atoms with E-state index in [-0.39, 0.29) is 120 Å². The fraction of sp³-hybridized carbons (Fsp3) is 0.500. The number of para-hydroxylation sites is 1. The molecule has 6 heterocycles. The second kappa shape index (κ2) is 42.4. The second-order valence-corrected chi connectivity index (χ2v) is 28.1. The Kier molecular flexibility index (Phi) is 32.5. The van der Waals surface area contributed by atoms with Crippen LogP contribution in [-0.4, -0.2) is 252 Å². The Morgan fingerprint density at radius 3 is 2.06 bits per heavy atom. The van der Waals surface area contributed by atoms with Gasteiger partial charge in [-0.2, -0.15) is 13.8 Å². The van der Waals surface area contributed by atoms with Crippen molar-refractivity contribution in [2.75, 3.05) is 51.7 Å². The summed E-state index contributed by atoms with van der Waals surface area (Å²) in [7, 11) is 0. The zero-order chi connectivity index (χ0) is 84.3. The predicted octanol–water partition coefficient (Wildman–Crippen LogP) is -5.24. The molecule has 0 radical (unpaired) electrons. The number of esters is 1. The maximum atomic E-state index is 15.1. The summed E-state index contributed by atoms with van der Waals surface area (Å²) in [5.74, 6) is -16.7. The van der Waals surface area contributed by atoms with Gasteiger partial charge in [-0.1, -0.05) is 49.3 Å². The van der Waals surface area contributed by atoms with Crippen LogP contribution < -0.4 is 81.4 Å². The number of imidazole rings is 1. The van der Waals surface area contributed by atoms with Crippen molar-refractivity contribution >= 4 is 106 Å². The van der Waals surface area contributed by atoms with Crippen LogP contribution in [-0.2, 0) is 95.9 Å². The Balaban J connectivity index is 0.995. The Bertz CT molecular complexity index is 4380. The highest BCUT2D eigenvalue weighted by Crippen LogP contribution is 2.42. The topological polar surface area (TPSA) is 639 Å². The number of aromatic hydroxyl groups is 1. The number of oxime groups is 1. The van der Waals surface area contributed by atoms with Crippen LogP contribution in [0.5, 0.6) is 5.75 Å². The zero-order valence-corrected chi connectivity index (χ0v) is 63.2. The van der Waals surface area contributed by atoms with Gasteiger partial charge in [0.05, 0.1) is 25.2 Å².